The second-order valence-electron chi connectivity index (χ2n) is 3.00. The zero-order chi connectivity index (χ0) is 12.7. The first-order valence-electron chi connectivity index (χ1n) is 4.99. The minimum Gasteiger partial charge on any atom is -0.407 e. The van der Waals surface area contributed by atoms with E-state index in [2.05, 4.69) is 20.8 Å². The molecule has 0 aliphatic rings. The van der Waals surface area contributed by atoms with Crippen molar-refractivity contribution in [2.75, 3.05) is 24.2 Å². The van der Waals surface area contributed by atoms with E-state index in [1.165, 1.54) is 0 Å². The first-order chi connectivity index (χ1) is 8.01. The summed E-state index contributed by atoms with van der Waals surface area (Å²) in [5.74, 6) is 0.298. The van der Waals surface area contributed by atoms with Crippen LogP contribution >= 0.6 is 11.8 Å². The molecule has 1 aromatic heterocycles. The highest BCUT2D eigenvalue weighted by atomic mass is 32.2. The Balaban J connectivity index is 2.21. The molecule has 0 bridgehead atoms. The van der Waals surface area contributed by atoms with Gasteiger partial charge in [0.15, 0.2) is 0 Å². The number of hydrogen-bond donors (Lipinski definition) is 2. The number of aromatic nitrogens is 2. The molecule has 0 amide bonds. The molecule has 17 heavy (non-hydrogen) atoms. The fourth-order valence-corrected chi connectivity index (χ4v) is 1.39. The van der Waals surface area contributed by atoms with Crippen LogP contribution in [0.15, 0.2) is 4.42 Å². The zero-order valence-electron chi connectivity index (χ0n) is 9.17. The van der Waals surface area contributed by atoms with E-state index in [1.54, 1.807) is 0 Å². The molecule has 9 heteroatoms. The number of halogens is 3. The van der Waals surface area contributed by atoms with E-state index in [0.717, 1.165) is 6.54 Å². The molecule has 0 fully saturated rings. The fraction of sp³-hybridized carbons (Fsp3) is 0.750. The summed E-state index contributed by atoms with van der Waals surface area (Å²) < 4.78 is 40.5. The number of rotatable bonds is 7. The van der Waals surface area contributed by atoms with Crippen LogP contribution in [0, 0.1) is 0 Å². The second kappa shape index (κ2) is 6.70. The van der Waals surface area contributed by atoms with Crippen molar-refractivity contribution in [1.29, 1.82) is 0 Å². The van der Waals surface area contributed by atoms with Crippen molar-refractivity contribution >= 4 is 17.8 Å². The molecule has 0 spiro atoms. The summed E-state index contributed by atoms with van der Waals surface area (Å²) in [6, 6.07) is 0.140. The molecular formula is C8H13F3N4OS. The topological polar surface area (TPSA) is 63.0 Å². The maximum Gasteiger partial charge on any atom is 0.441 e. The van der Waals surface area contributed by atoms with Crippen molar-refractivity contribution in [1.82, 2.24) is 15.5 Å². The van der Waals surface area contributed by atoms with E-state index < -0.39 is 5.51 Å². The standard InChI is InChI=1S/C8H13F3N4OS/c1-2-12-5-6-14-15-7(16-6)13-3-4-17-8(9,10)11/h12H,2-5H2,1H3,(H,13,15). The summed E-state index contributed by atoms with van der Waals surface area (Å²) in [5, 5.41) is 13.0. The summed E-state index contributed by atoms with van der Waals surface area (Å²) in [4.78, 5) is 0. The van der Waals surface area contributed by atoms with Crippen molar-refractivity contribution in [3.05, 3.63) is 5.89 Å². The molecule has 98 valence electrons. The minimum atomic E-state index is -4.20. The molecule has 5 nitrogen and oxygen atoms in total. The summed E-state index contributed by atoms with van der Waals surface area (Å²) in [6.07, 6.45) is 0. The van der Waals surface area contributed by atoms with Crippen LogP contribution in [0.2, 0.25) is 0 Å². The predicted octanol–water partition coefficient (Wildman–Crippen LogP) is 1.84. The van der Waals surface area contributed by atoms with Gasteiger partial charge < -0.3 is 15.1 Å². The van der Waals surface area contributed by atoms with Crippen LogP contribution < -0.4 is 10.6 Å². The van der Waals surface area contributed by atoms with E-state index >= 15 is 0 Å². The lowest BCUT2D eigenvalue weighted by atomic mass is 10.6. The third-order valence-electron chi connectivity index (χ3n) is 1.64. The van der Waals surface area contributed by atoms with Crippen LogP contribution in [-0.4, -0.2) is 34.5 Å². The Labute approximate surface area is 101 Å². The predicted molar refractivity (Wildman–Crippen MR) is 58.7 cm³/mol. The van der Waals surface area contributed by atoms with Gasteiger partial charge in [-0.05, 0) is 18.3 Å². The molecule has 1 rings (SSSR count). The number of thioether (sulfide) groups is 1. The molecule has 0 atom stereocenters. The fourth-order valence-electron chi connectivity index (χ4n) is 0.953. The summed E-state index contributed by atoms with van der Waals surface area (Å²) in [7, 11) is 0. The van der Waals surface area contributed by atoms with Crippen molar-refractivity contribution in [3.8, 4) is 0 Å². The zero-order valence-corrected chi connectivity index (χ0v) is 9.99. The van der Waals surface area contributed by atoms with Crippen LogP contribution in [0.1, 0.15) is 12.8 Å². The molecule has 1 aromatic rings. The Bertz CT molecular complexity index is 331. The lowest BCUT2D eigenvalue weighted by Crippen LogP contribution is -2.11. The van der Waals surface area contributed by atoms with Gasteiger partial charge in [-0.1, -0.05) is 12.0 Å². The number of nitrogens with one attached hydrogen (secondary N) is 2. The Kier molecular flexibility index (Phi) is 5.56. The van der Waals surface area contributed by atoms with Crippen molar-refractivity contribution in [2.24, 2.45) is 0 Å². The maximum absolute atomic E-state index is 11.8. The minimum absolute atomic E-state index is 0.0912. The van der Waals surface area contributed by atoms with E-state index in [0.29, 0.717) is 12.4 Å². The lowest BCUT2D eigenvalue weighted by Gasteiger charge is -2.04. The van der Waals surface area contributed by atoms with E-state index in [1.807, 2.05) is 6.92 Å². The van der Waals surface area contributed by atoms with Crippen LogP contribution in [0.5, 0.6) is 0 Å². The Hall–Kier alpha value is -0.960. The van der Waals surface area contributed by atoms with Gasteiger partial charge in [-0.2, -0.15) is 13.2 Å². The molecule has 0 aromatic carbocycles. The van der Waals surface area contributed by atoms with E-state index in [9.17, 15) is 13.2 Å². The highest BCUT2D eigenvalue weighted by molar-refractivity contribution is 8.00. The Morgan fingerprint density at radius 3 is 2.76 bits per heavy atom. The van der Waals surface area contributed by atoms with Gasteiger partial charge in [-0.15, -0.1) is 5.10 Å². The molecule has 2 N–H and O–H groups in total. The van der Waals surface area contributed by atoms with Crippen molar-refractivity contribution < 1.29 is 17.6 Å². The second-order valence-corrected chi connectivity index (χ2v) is 4.16. The first kappa shape index (κ1) is 14.1. The lowest BCUT2D eigenvalue weighted by molar-refractivity contribution is -0.0327. The van der Waals surface area contributed by atoms with Crippen LogP contribution in [0.4, 0.5) is 19.2 Å². The van der Waals surface area contributed by atoms with Crippen LogP contribution in [0.25, 0.3) is 0 Å². The molecular weight excluding hydrogens is 257 g/mol. The average molecular weight is 270 g/mol. The number of anilines is 1. The normalized spacial score (nSPS) is 11.8. The number of hydrogen-bond acceptors (Lipinski definition) is 6. The molecule has 0 saturated heterocycles. The SMILES string of the molecule is CCNCc1nnc(NCCSC(F)(F)F)o1. The molecule has 1 heterocycles. The van der Waals surface area contributed by atoms with Gasteiger partial charge in [0, 0.05) is 12.3 Å². The number of nitrogens with zero attached hydrogens (tertiary/aromatic N) is 2. The van der Waals surface area contributed by atoms with Gasteiger partial charge in [-0.25, -0.2) is 0 Å². The van der Waals surface area contributed by atoms with Crippen LogP contribution in [-0.2, 0) is 6.54 Å². The highest BCUT2D eigenvalue weighted by Gasteiger charge is 2.27. The Morgan fingerprint density at radius 2 is 2.12 bits per heavy atom. The van der Waals surface area contributed by atoms with E-state index in [-0.39, 0.29) is 30.1 Å². The van der Waals surface area contributed by atoms with E-state index in [4.69, 9.17) is 4.42 Å². The molecule has 0 aliphatic carbocycles. The third kappa shape index (κ3) is 6.37. The third-order valence-corrected chi connectivity index (χ3v) is 2.37. The molecule has 0 aliphatic heterocycles. The van der Waals surface area contributed by atoms with Crippen molar-refractivity contribution in [3.63, 3.8) is 0 Å². The first-order valence-corrected chi connectivity index (χ1v) is 5.97. The van der Waals surface area contributed by atoms with Crippen LogP contribution in [0.3, 0.4) is 0 Å². The smallest absolute Gasteiger partial charge is 0.407 e. The number of alkyl halides is 3. The summed E-state index contributed by atoms with van der Waals surface area (Å²) in [5.41, 5.74) is -4.20. The van der Waals surface area contributed by atoms with Crippen molar-refractivity contribution in [2.45, 2.75) is 19.0 Å². The summed E-state index contributed by atoms with van der Waals surface area (Å²) in [6.45, 7) is 3.27. The van der Waals surface area contributed by atoms with Gasteiger partial charge in [0.25, 0.3) is 0 Å². The maximum atomic E-state index is 11.8. The highest BCUT2D eigenvalue weighted by Crippen LogP contribution is 2.29. The molecule has 0 saturated carbocycles. The Morgan fingerprint density at radius 1 is 1.35 bits per heavy atom. The van der Waals surface area contributed by atoms with Gasteiger partial charge in [0.1, 0.15) is 0 Å². The van der Waals surface area contributed by atoms with Gasteiger partial charge in [-0.3, -0.25) is 0 Å². The summed E-state index contributed by atoms with van der Waals surface area (Å²) >= 11 is -0.0912. The largest absolute Gasteiger partial charge is 0.441 e. The monoisotopic (exact) mass is 270 g/mol. The van der Waals surface area contributed by atoms with Gasteiger partial charge in [0.2, 0.25) is 5.89 Å². The van der Waals surface area contributed by atoms with Gasteiger partial charge in [0.05, 0.1) is 6.54 Å². The molecule has 0 unspecified atom stereocenters. The quantitative estimate of drug-likeness (QED) is 0.737. The molecule has 0 radical (unpaired) electrons. The van der Waals surface area contributed by atoms with Gasteiger partial charge >= 0.3 is 11.5 Å². The average Bonchev–Trinajstić information content (AvgIpc) is 2.68.